The minimum absolute atomic E-state index is 0.150. The van der Waals surface area contributed by atoms with Gasteiger partial charge in [0.2, 0.25) is 5.82 Å². The SMILES string of the molecule is CCc1ccccc1OC1CN(C(=O)c2ccc(OC)c(F)c2F)C1. The van der Waals surface area contributed by atoms with Crippen LogP contribution >= 0.6 is 0 Å². The number of likely N-dealkylation sites (tertiary alicyclic amines) is 1. The van der Waals surface area contributed by atoms with Gasteiger partial charge in [-0.15, -0.1) is 0 Å². The number of hydrogen-bond acceptors (Lipinski definition) is 3. The van der Waals surface area contributed by atoms with Crippen molar-refractivity contribution in [1.82, 2.24) is 4.90 Å². The Morgan fingerprint density at radius 2 is 1.84 bits per heavy atom. The van der Waals surface area contributed by atoms with Crippen molar-refractivity contribution in [1.29, 1.82) is 0 Å². The van der Waals surface area contributed by atoms with Gasteiger partial charge < -0.3 is 14.4 Å². The number of methoxy groups -OCH3 is 1. The molecule has 0 atom stereocenters. The molecule has 0 saturated carbocycles. The molecule has 1 aliphatic heterocycles. The molecule has 132 valence electrons. The Morgan fingerprint density at radius 1 is 1.12 bits per heavy atom. The van der Waals surface area contributed by atoms with Gasteiger partial charge in [-0.05, 0) is 30.2 Å². The van der Waals surface area contributed by atoms with Gasteiger partial charge in [-0.25, -0.2) is 4.39 Å². The summed E-state index contributed by atoms with van der Waals surface area (Å²) in [6.07, 6.45) is 0.699. The molecule has 4 nitrogen and oxygen atoms in total. The minimum atomic E-state index is -1.19. The number of carbonyl (C=O) groups is 1. The summed E-state index contributed by atoms with van der Waals surface area (Å²) in [4.78, 5) is 13.8. The summed E-state index contributed by atoms with van der Waals surface area (Å²) in [6, 6.07) is 10.2. The van der Waals surface area contributed by atoms with Gasteiger partial charge in [-0.1, -0.05) is 25.1 Å². The first-order valence-corrected chi connectivity index (χ1v) is 8.11. The Bertz CT molecular complexity index is 788. The normalized spacial score (nSPS) is 14.2. The number of amides is 1. The maximum absolute atomic E-state index is 14.0. The topological polar surface area (TPSA) is 38.8 Å². The zero-order valence-corrected chi connectivity index (χ0v) is 14.1. The molecule has 0 aromatic heterocycles. The number of ether oxygens (including phenoxy) is 2. The lowest BCUT2D eigenvalue weighted by Gasteiger charge is -2.39. The molecule has 0 N–H and O–H groups in total. The Hall–Kier alpha value is -2.63. The highest BCUT2D eigenvalue weighted by Crippen LogP contribution is 2.27. The summed E-state index contributed by atoms with van der Waals surface area (Å²) in [5.74, 6) is -2.33. The number of benzene rings is 2. The highest BCUT2D eigenvalue weighted by molar-refractivity contribution is 5.95. The third kappa shape index (κ3) is 3.29. The van der Waals surface area contributed by atoms with Crippen molar-refractivity contribution in [3.8, 4) is 11.5 Å². The molecule has 0 radical (unpaired) electrons. The summed E-state index contributed by atoms with van der Waals surface area (Å²) in [5, 5.41) is 0. The fourth-order valence-corrected chi connectivity index (χ4v) is 2.79. The Morgan fingerprint density at radius 3 is 2.52 bits per heavy atom. The molecule has 0 bridgehead atoms. The van der Waals surface area contributed by atoms with Crippen LogP contribution in [0.15, 0.2) is 36.4 Å². The van der Waals surface area contributed by atoms with E-state index in [1.807, 2.05) is 31.2 Å². The van der Waals surface area contributed by atoms with Crippen molar-refractivity contribution in [3.63, 3.8) is 0 Å². The first-order valence-electron chi connectivity index (χ1n) is 8.11. The van der Waals surface area contributed by atoms with Gasteiger partial charge in [0.05, 0.1) is 25.8 Å². The molecule has 3 rings (SSSR count). The van der Waals surface area contributed by atoms with Crippen molar-refractivity contribution >= 4 is 5.91 Å². The second-order valence-electron chi connectivity index (χ2n) is 5.85. The van der Waals surface area contributed by atoms with Gasteiger partial charge in [-0.3, -0.25) is 4.79 Å². The minimum Gasteiger partial charge on any atom is -0.494 e. The Balaban J connectivity index is 1.65. The second kappa shape index (κ2) is 7.09. The van der Waals surface area contributed by atoms with Crippen LogP contribution in [0, 0.1) is 11.6 Å². The van der Waals surface area contributed by atoms with Crippen LogP contribution in [0.1, 0.15) is 22.8 Å². The van der Waals surface area contributed by atoms with Crippen molar-refractivity contribution in [3.05, 3.63) is 59.2 Å². The molecule has 1 aliphatic rings. The lowest BCUT2D eigenvalue weighted by atomic mass is 10.1. The van der Waals surface area contributed by atoms with E-state index in [1.165, 1.54) is 24.1 Å². The number of halogens is 2. The molecule has 1 amide bonds. The number of hydrogen-bond donors (Lipinski definition) is 0. The van der Waals surface area contributed by atoms with E-state index in [1.54, 1.807) is 0 Å². The maximum atomic E-state index is 14.0. The van der Waals surface area contributed by atoms with Crippen LogP contribution in [-0.4, -0.2) is 37.1 Å². The lowest BCUT2D eigenvalue weighted by Crippen LogP contribution is -2.56. The average Bonchev–Trinajstić information content (AvgIpc) is 2.59. The summed E-state index contributed by atoms with van der Waals surface area (Å²) in [5.41, 5.74) is 0.793. The van der Waals surface area contributed by atoms with Crippen LogP contribution in [0.3, 0.4) is 0 Å². The molecule has 1 saturated heterocycles. The van der Waals surface area contributed by atoms with Crippen LogP contribution in [0.25, 0.3) is 0 Å². The monoisotopic (exact) mass is 347 g/mol. The fraction of sp³-hybridized carbons (Fsp3) is 0.316. The maximum Gasteiger partial charge on any atom is 0.257 e. The molecule has 2 aromatic rings. The lowest BCUT2D eigenvalue weighted by molar-refractivity contribution is 0.0170. The Labute approximate surface area is 145 Å². The highest BCUT2D eigenvalue weighted by Gasteiger charge is 2.35. The van der Waals surface area contributed by atoms with Crippen molar-refractivity contribution in [2.75, 3.05) is 20.2 Å². The Kier molecular flexibility index (Phi) is 4.88. The van der Waals surface area contributed by atoms with Crippen LogP contribution < -0.4 is 9.47 Å². The number of aryl methyl sites for hydroxylation is 1. The summed E-state index contributed by atoms with van der Waals surface area (Å²) in [7, 11) is 1.24. The molecule has 25 heavy (non-hydrogen) atoms. The summed E-state index contributed by atoms with van der Waals surface area (Å²) >= 11 is 0. The molecule has 2 aromatic carbocycles. The summed E-state index contributed by atoms with van der Waals surface area (Å²) in [6.45, 7) is 2.72. The van der Waals surface area contributed by atoms with Crippen LogP contribution in [0.5, 0.6) is 11.5 Å². The highest BCUT2D eigenvalue weighted by atomic mass is 19.2. The predicted molar refractivity (Wildman–Crippen MR) is 89.0 cm³/mol. The molecule has 1 fully saturated rings. The van der Waals surface area contributed by atoms with Gasteiger partial charge in [0, 0.05) is 0 Å². The van der Waals surface area contributed by atoms with Gasteiger partial charge >= 0.3 is 0 Å². The summed E-state index contributed by atoms with van der Waals surface area (Å²) < 4.78 is 38.4. The van der Waals surface area contributed by atoms with Crippen LogP contribution in [-0.2, 0) is 6.42 Å². The third-order valence-electron chi connectivity index (χ3n) is 4.28. The molecular weight excluding hydrogens is 328 g/mol. The van der Waals surface area contributed by atoms with Gasteiger partial charge in [0.25, 0.3) is 5.91 Å². The van der Waals surface area contributed by atoms with E-state index < -0.39 is 17.5 Å². The largest absolute Gasteiger partial charge is 0.494 e. The molecular formula is C19H19F2NO3. The molecule has 0 spiro atoms. The molecule has 1 heterocycles. The zero-order chi connectivity index (χ0) is 18.0. The van der Waals surface area contributed by atoms with Crippen molar-refractivity contribution in [2.45, 2.75) is 19.4 Å². The van der Waals surface area contributed by atoms with Crippen LogP contribution in [0.4, 0.5) is 8.78 Å². The van der Waals surface area contributed by atoms with Crippen molar-refractivity contribution < 1.29 is 23.0 Å². The number of para-hydroxylation sites is 1. The molecule has 0 aliphatic carbocycles. The average molecular weight is 347 g/mol. The molecule has 6 heteroatoms. The van der Waals surface area contributed by atoms with Gasteiger partial charge in [0.15, 0.2) is 11.6 Å². The van der Waals surface area contributed by atoms with E-state index in [0.29, 0.717) is 13.1 Å². The van der Waals surface area contributed by atoms with E-state index in [9.17, 15) is 13.6 Å². The zero-order valence-electron chi connectivity index (χ0n) is 14.1. The number of nitrogens with zero attached hydrogens (tertiary/aromatic N) is 1. The third-order valence-corrected chi connectivity index (χ3v) is 4.28. The van der Waals surface area contributed by atoms with E-state index in [2.05, 4.69) is 0 Å². The van der Waals surface area contributed by atoms with Gasteiger partial charge in [0.1, 0.15) is 11.9 Å². The van der Waals surface area contributed by atoms with E-state index in [4.69, 9.17) is 9.47 Å². The predicted octanol–water partition coefficient (Wildman–Crippen LogP) is 3.44. The number of carbonyl (C=O) groups excluding carboxylic acids is 1. The van der Waals surface area contributed by atoms with Crippen molar-refractivity contribution in [2.24, 2.45) is 0 Å². The fourth-order valence-electron chi connectivity index (χ4n) is 2.79. The smallest absolute Gasteiger partial charge is 0.257 e. The number of rotatable bonds is 5. The van der Waals surface area contributed by atoms with Gasteiger partial charge in [-0.2, -0.15) is 4.39 Å². The first-order chi connectivity index (χ1) is 12.0. The second-order valence-corrected chi connectivity index (χ2v) is 5.85. The quantitative estimate of drug-likeness (QED) is 0.832. The van der Waals surface area contributed by atoms with E-state index >= 15 is 0 Å². The molecule has 0 unspecified atom stereocenters. The van der Waals surface area contributed by atoms with Crippen LogP contribution in [0.2, 0.25) is 0 Å². The van der Waals surface area contributed by atoms with E-state index in [-0.39, 0.29) is 17.4 Å². The van der Waals surface area contributed by atoms with E-state index in [0.717, 1.165) is 17.7 Å². The first kappa shape index (κ1) is 17.2. The standard InChI is InChI=1S/C19H19F2NO3/c1-3-12-6-4-5-7-15(12)25-13-10-22(11-13)19(23)14-8-9-16(24-2)18(21)17(14)20/h4-9,13H,3,10-11H2,1-2H3.